The third-order valence-corrected chi connectivity index (χ3v) is 3.82. The predicted molar refractivity (Wildman–Crippen MR) is 90.2 cm³/mol. The molecular weight excluding hydrogens is 340 g/mol. The van der Waals surface area contributed by atoms with Crippen LogP contribution in [0.5, 0.6) is 0 Å². The molecule has 0 fully saturated rings. The van der Waals surface area contributed by atoms with E-state index in [1.807, 2.05) is 31.3 Å². The second-order valence-corrected chi connectivity index (χ2v) is 6.23. The summed E-state index contributed by atoms with van der Waals surface area (Å²) in [7, 11) is 1.84. The summed E-state index contributed by atoms with van der Waals surface area (Å²) in [6, 6.07) is 8.00. The van der Waals surface area contributed by atoms with Crippen LogP contribution >= 0.6 is 28.3 Å². The molecule has 0 radical (unpaired) electrons. The summed E-state index contributed by atoms with van der Waals surface area (Å²) in [4.78, 5) is 13.8. The zero-order valence-electron chi connectivity index (χ0n) is 12.3. The molecule has 0 saturated carbocycles. The van der Waals surface area contributed by atoms with Gasteiger partial charge in [-0.05, 0) is 30.0 Å². The molecule has 0 heterocycles. The van der Waals surface area contributed by atoms with Crippen molar-refractivity contribution in [2.75, 3.05) is 13.6 Å². The number of hydrogen-bond acceptors (Lipinski definition) is 2. The Kier molecular flexibility index (Phi) is 9.10. The van der Waals surface area contributed by atoms with Crippen LogP contribution in [0.1, 0.15) is 25.8 Å². The highest BCUT2D eigenvalue weighted by Gasteiger charge is 2.13. The summed E-state index contributed by atoms with van der Waals surface area (Å²) in [5.74, 6) is 0.586. The number of halogens is 2. The molecule has 20 heavy (non-hydrogen) atoms. The van der Waals surface area contributed by atoms with Crippen LogP contribution in [0, 0.1) is 5.92 Å². The standard InChI is InChI=1S/C15H23BrN2O.ClH/c1-11(2)14(17)7-8-18(3)15(19)10-12-5-4-6-13(16)9-12;/h4-6,9,11,14H,7-8,10,17H2,1-3H3;1H. The zero-order valence-corrected chi connectivity index (χ0v) is 14.7. The van der Waals surface area contributed by atoms with E-state index in [-0.39, 0.29) is 24.4 Å². The zero-order chi connectivity index (χ0) is 14.4. The Labute approximate surface area is 136 Å². The van der Waals surface area contributed by atoms with E-state index in [2.05, 4.69) is 29.8 Å². The van der Waals surface area contributed by atoms with Crippen molar-refractivity contribution in [3.05, 3.63) is 34.3 Å². The van der Waals surface area contributed by atoms with Crippen molar-refractivity contribution in [2.24, 2.45) is 11.7 Å². The van der Waals surface area contributed by atoms with E-state index in [0.29, 0.717) is 18.9 Å². The van der Waals surface area contributed by atoms with Crippen molar-refractivity contribution in [2.45, 2.75) is 32.7 Å². The first kappa shape index (κ1) is 19.4. The highest BCUT2D eigenvalue weighted by atomic mass is 79.9. The summed E-state index contributed by atoms with van der Waals surface area (Å²) in [5, 5.41) is 0. The van der Waals surface area contributed by atoms with Crippen LogP contribution in [0.15, 0.2) is 28.7 Å². The Hall–Kier alpha value is -0.580. The molecule has 0 saturated heterocycles. The van der Waals surface area contributed by atoms with E-state index in [0.717, 1.165) is 16.5 Å². The molecular formula is C15H24BrClN2O. The molecule has 1 unspecified atom stereocenters. The number of rotatable bonds is 6. The molecule has 0 bridgehead atoms. The van der Waals surface area contributed by atoms with E-state index < -0.39 is 0 Å². The van der Waals surface area contributed by atoms with Gasteiger partial charge in [-0.15, -0.1) is 12.4 Å². The summed E-state index contributed by atoms with van der Waals surface area (Å²) < 4.78 is 1.00. The van der Waals surface area contributed by atoms with Crippen LogP contribution < -0.4 is 5.73 Å². The molecule has 2 N–H and O–H groups in total. The minimum absolute atomic E-state index is 0. The second-order valence-electron chi connectivity index (χ2n) is 5.32. The van der Waals surface area contributed by atoms with Gasteiger partial charge in [0.05, 0.1) is 6.42 Å². The number of carbonyl (C=O) groups excluding carboxylic acids is 1. The van der Waals surface area contributed by atoms with Gasteiger partial charge in [-0.1, -0.05) is 41.9 Å². The van der Waals surface area contributed by atoms with E-state index in [4.69, 9.17) is 5.73 Å². The van der Waals surface area contributed by atoms with Gasteiger partial charge in [0.15, 0.2) is 0 Å². The van der Waals surface area contributed by atoms with Gasteiger partial charge in [0.2, 0.25) is 5.91 Å². The molecule has 3 nitrogen and oxygen atoms in total. The van der Waals surface area contributed by atoms with E-state index in [9.17, 15) is 4.79 Å². The first-order valence-electron chi connectivity index (χ1n) is 6.64. The molecule has 1 rings (SSSR count). The fourth-order valence-electron chi connectivity index (χ4n) is 1.76. The normalized spacial score (nSPS) is 11.9. The Bertz CT molecular complexity index is 426. The van der Waals surface area contributed by atoms with Gasteiger partial charge in [-0.2, -0.15) is 0 Å². The number of hydrogen-bond donors (Lipinski definition) is 1. The largest absolute Gasteiger partial charge is 0.345 e. The number of nitrogens with zero attached hydrogens (tertiary/aromatic N) is 1. The molecule has 0 aliphatic rings. The number of nitrogens with two attached hydrogens (primary N) is 1. The van der Waals surface area contributed by atoms with Gasteiger partial charge in [-0.25, -0.2) is 0 Å². The van der Waals surface area contributed by atoms with Crippen LogP contribution in [0.4, 0.5) is 0 Å². The highest BCUT2D eigenvalue weighted by molar-refractivity contribution is 9.10. The molecule has 0 aliphatic heterocycles. The lowest BCUT2D eigenvalue weighted by Gasteiger charge is -2.21. The topological polar surface area (TPSA) is 46.3 Å². The molecule has 114 valence electrons. The van der Waals surface area contributed by atoms with E-state index >= 15 is 0 Å². The highest BCUT2D eigenvalue weighted by Crippen LogP contribution is 2.13. The number of likely N-dealkylation sites (N-methyl/N-ethyl adjacent to an activating group) is 1. The van der Waals surface area contributed by atoms with Gasteiger partial charge >= 0.3 is 0 Å². The summed E-state index contributed by atoms with van der Waals surface area (Å²) in [6.45, 7) is 4.92. The van der Waals surface area contributed by atoms with E-state index in [1.165, 1.54) is 0 Å². The monoisotopic (exact) mass is 362 g/mol. The van der Waals surface area contributed by atoms with Gasteiger partial charge in [-0.3, -0.25) is 4.79 Å². The number of carbonyl (C=O) groups is 1. The third-order valence-electron chi connectivity index (χ3n) is 3.32. The maximum atomic E-state index is 12.1. The van der Waals surface area contributed by atoms with Gasteiger partial charge in [0, 0.05) is 24.1 Å². The number of amides is 1. The Morgan fingerprint density at radius 2 is 2.05 bits per heavy atom. The van der Waals surface area contributed by atoms with E-state index in [1.54, 1.807) is 4.90 Å². The maximum Gasteiger partial charge on any atom is 0.226 e. The second kappa shape index (κ2) is 9.37. The number of benzene rings is 1. The maximum absolute atomic E-state index is 12.1. The van der Waals surface area contributed by atoms with Gasteiger partial charge in [0.1, 0.15) is 0 Å². The molecule has 1 atom stereocenters. The van der Waals surface area contributed by atoms with Crippen molar-refractivity contribution < 1.29 is 4.79 Å². The van der Waals surface area contributed by atoms with Gasteiger partial charge < -0.3 is 10.6 Å². The van der Waals surface area contributed by atoms with Crippen molar-refractivity contribution in [1.29, 1.82) is 0 Å². The molecule has 0 aliphatic carbocycles. The molecule has 5 heteroatoms. The van der Waals surface area contributed by atoms with Crippen molar-refractivity contribution >= 4 is 34.2 Å². The lowest BCUT2D eigenvalue weighted by Crippen LogP contribution is -2.35. The summed E-state index contributed by atoms with van der Waals surface area (Å²) >= 11 is 3.41. The molecule has 1 aromatic rings. The molecule has 0 aromatic heterocycles. The minimum Gasteiger partial charge on any atom is -0.345 e. The predicted octanol–water partition coefficient (Wildman–Crippen LogP) is 3.25. The van der Waals surface area contributed by atoms with Crippen LogP contribution in [0.3, 0.4) is 0 Å². The first-order chi connectivity index (χ1) is 8.90. The molecule has 0 spiro atoms. The Morgan fingerprint density at radius 1 is 1.40 bits per heavy atom. The molecule has 1 amide bonds. The fraction of sp³-hybridized carbons (Fsp3) is 0.533. The van der Waals surface area contributed by atoms with Crippen LogP contribution in [0.2, 0.25) is 0 Å². The summed E-state index contributed by atoms with van der Waals surface area (Å²) in [5.41, 5.74) is 7.02. The van der Waals surface area contributed by atoms with Crippen molar-refractivity contribution in [3.8, 4) is 0 Å². The van der Waals surface area contributed by atoms with Gasteiger partial charge in [0.25, 0.3) is 0 Å². The first-order valence-corrected chi connectivity index (χ1v) is 7.43. The quantitative estimate of drug-likeness (QED) is 0.843. The lowest BCUT2D eigenvalue weighted by atomic mass is 10.0. The average molecular weight is 364 g/mol. The van der Waals surface area contributed by atoms with Crippen molar-refractivity contribution in [3.63, 3.8) is 0 Å². The molecule has 1 aromatic carbocycles. The lowest BCUT2D eigenvalue weighted by molar-refractivity contribution is -0.129. The Balaban J connectivity index is 0.00000361. The third kappa shape index (κ3) is 6.73. The van der Waals surface area contributed by atoms with Crippen LogP contribution in [-0.4, -0.2) is 30.4 Å². The average Bonchev–Trinajstić information content (AvgIpc) is 2.35. The smallest absolute Gasteiger partial charge is 0.226 e. The summed E-state index contributed by atoms with van der Waals surface area (Å²) in [6.07, 6.45) is 1.28. The minimum atomic E-state index is 0. The van der Waals surface area contributed by atoms with Crippen molar-refractivity contribution in [1.82, 2.24) is 4.90 Å². The van der Waals surface area contributed by atoms with Crippen LogP contribution in [-0.2, 0) is 11.2 Å². The fourth-order valence-corrected chi connectivity index (χ4v) is 2.20. The Morgan fingerprint density at radius 3 is 2.60 bits per heavy atom. The SMILES string of the molecule is CC(C)C(N)CCN(C)C(=O)Cc1cccc(Br)c1.Cl. The van der Waals surface area contributed by atoms with Crippen LogP contribution in [0.25, 0.3) is 0 Å².